The van der Waals surface area contributed by atoms with Gasteiger partial charge in [-0.2, -0.15) is 0 Å². The summed E-state index contributed by atoms with van der Waals surface area (Å²) in [6.45, 7) is 0.527. The Morgan fingerprint density at radius 3 is 3.00 bits per heavy atom. The second-order valence-corrected chi connectivity index (χ2v) is 5.19. The number of nitrogens with zero attached hydrogens (tertiary/aromatic N) is 3. The van der Waals surface area contributed by atoms with Crippen molar-refractivity contribution in [2.24, 2.45) is 0 Å². The van der Waals surface area contributed by atoms with E-state index in [9.17, 15) is 9.59 Å². The molecule has 2 aromatic heterocycles. The van der Waals surface area contributed by atoms with Gasteiger partial charge in [-0.15, -0.1) is 11.3 Å². The summed E-state index contributed by atoms with van der Waals surface area (Å²) >= 11 is 1.40. The zero-order valence-electron chi connectivity index (χ0n) is 10.4. The monoisotopic (exact) mass is 265 g/mol. The van der Waals surface area contributed by atoms with Gasteiger partial charge in [0.2, 0.25) is 5.91 Å². The van der Waals surface area contributed by atoms with Crippen molar-refractivity contribution in [2.45, 2.75) is 19.4 Å². The minimum absolute atomic E-state index is 0.0210. The van der Waals surface area contributed by atoms with Gasteiger partial charge in [0.15, 0.2) is 0 Å². The van der Waals surface area contributed by atoms with Gasteiger partial charge < -0.3 is 4.90 Å². The second kappa shape index (κ2) is 5.30. The molecule has 0 aromatic carbocycles. The summed E-state index contributed by atoms with van der Waals surface area (Å²) in [6.07, 6.45) is 2.65. The molecule has 2 rings (SSSR count). The Bertz CT molecular complexity index is 615. The van der Waals surface area contributed by atoms with E-state index in [2.05, 4.69) is 4.98 Å². The van der Waals surface area contributed by atoms with E-state index >= 15 is 0 Å². The van der Waals surface area contributed by atoms with Crippen LogP contribution in [0.3, 0.4) is 0 Å². The largest absolute Gasteiger partial charge is 0.349 e. The number of carbonyl (C=O) groups is 1. The lowest BCUT2D eigenvalue weighted by atomic mass is 10.3. The first-order valence-corrected chi connectivity index (χ1v) is 6.60. The number of hydrogen-bond acceptors (Lipinski definition) is 4. The van der Waals surface area contributed by atoms with Crippen LogP contribution in [0.1, 0.15) is 12.8 Å². The van der Waals surface area contributed by atoms with Crippen molar-refractivity contribution < 1.29 is 4.79 Å². The van der Waals surface area contributed by atoms with Crippen LogP contribution in [0, 0.1) is 0 Å². The molecule has 0 aliphatic carbocycles. The highest BCUT2D eigenvalue weighted by Crippen LogP contribution is 2.13. The van der Waals surface area contributed by atoms with Gasteiger partial charge in [-0.25, -0.2) is 4.98 Å². The van der Waals surface area contributed by atoms with E-state index in [-0.39, 0.29) is 11.5 Å². The van der Waals surface area contributed by atoms with Crippen LogP contribution in [0.4, 0.5) is 0 Å². The Morgan fingerprint density at radius 1 is 1.50 bits per heavy atom. The van der Waals surface area contributed by atoms with E-state index < -0.39 is 0 Å². The lowest BCUT2D eigenvalue weighted by Gasteiger charge is -2.10. The van der Waals surface area contributed by atoms with E-state index in [4.69, 9.17) is 0 Å². The molecule has 0 saturated heterocycles. The number of aromatic nitrogens is 2. The zero-order valence-corrected chi connectivity index (χ0v) is 11.2. The third-order valence-electron chi connectivity index (χ3n) is 2.72. The fraction of sp³-hybridized carbons (Fsp3) is 0.417. The predicted molar refractivity (Wildman–Crippen MR) is 71.8 cm³/mol. The summed E-state index contributed by atoms with van der Waals surface area (Å²) in [5.74, 6) is 0.0770. The average molecular weight is 265 g/mol. The van der Waals surface area contributed by atoms with Crippen LogP contribution in [0.25, 0.3) is 10.2 Å². The van der Waals surface area contributed by atoms with Crippen LogP contribution in [0.15, 0.2) is 22.6 Å². The lowest BCUT2D eigenvalue weighted by molar-refractivity contribution is -0.128. The highest BCUT2D eigenvalue weighted by atomic mass is 32.1. The van der Waals surface area contributed by atoms with Crippen LogP contribution in [0.5, 0.6) is 0 Å². The van der Waals surface area contributed by atoms with Crippen LogP contribution in [-0.2, 0) is 11.3 Å². The summed E-state index contributed by atoms with van der Waals surface area (Å²) in [7, 11) is 3.46. The molecule has 96 valence electrons. The van der Waals surface area contributed by atoms with Gasteiger partial charge in [0.25, 0.3) is 5.56 Å². The van der Waals surface area contributed by atoms with Gasteiger partial charge in [0, 0.05) is 27.1 Å². The molecule has 0 spiro atoms. The maximum absolute atomic E-state index is 12.0. The van der Waals surface area contributed by atoms with Gasteiger partial charge in [0.05, 0.1) is 11.8 Å². The fourth-order valence-corrected chi connectivity index (χ4v) is 2.46. The van der Waals surface area contributed by atoms with Crippen LogP contribution in [-0.4, -0.2) is 34.5 Å². The molecule has 2 aromatic rings. The summed E-state index contributed by atoms with van der Waals surface area (Å²) in [5.41, 5.74) is 0.720. The second-order valence-electron chi connectivity index (χ2n) is 4.27. The Balaban J connectivity index is 2.06. The van der Waals surface area contributed by atoms with Crippen LogP contribution < -0.4 is 5.56 Å². The van der Waals surface area contributed by atoms with Crippen molar-refractivity contribution in [1.29, 1.82) is 0 Å². The molecule has 6 heteroatoms. The molecule has 0 unspecified atom stereocenters. The summed E-state index contributed by atoms with van der Waals surface area (Å²) in [4.78, 5) is 29.2. The molecular formula is C12H15N3O2S. The number of thiophene rings is 1. The van der Waals surface area contributed by atoms with Crippen molar-refractivity contribution in [1.82, 2.24) is 14.5 Å². The smallest absolute Gasteiger partial charge is 0.271 e. The topological polar surface area (TPSA) is 55.2 Å². The molecule has 0 N–H and O–H groups in total. The summed E-state index contributed by atoms with van der Waals surface area (Å²) in [5, 5.41) is 1.86. The van der Waals surface area contributed by atoms with E-state index in [1.54, 1.807) is 29.9 Å². The highest BCUT2D eigenvalue weighted by Gasteiger charge is 2.07. The average Bonchev–Trinajstić information content (AvgIpc) is 2.80. The third-order valence-corrected chi connectivity index (χ3v) is 3.62. The Hall–Kier alpha value is -1.69. The van der Waals surface area contributed by atoms with Gasteiger partial charge in [0.1, 0.15) is 4.70 Å². The number of aryl methyl sites for hydroxylation is 1. The fourth-order valence-electron chi connectivity index (χ4n) is 1.66. The van der Waals surface area contributed by atoms with Gasteiger partial charge in [-0.05, 0) is 17.9 Å². The molecular weight excluding hydrogens is 250 g/mol. The van der Waals surface area contributed by atoms with E-state index in [1.165, 1.54) is 11.3 Å². The molecule has 2 heterocycles. The maximum Gasteiger partial charge on any atom is 0.271 e. The predicted octanol–water partition coefficient (Wildman–Crippen LogP) is 1.33. The molecule has 18 heavy (non-hydrogen) atoms. The van der Waals surface area contributed by atoms with Crippen molar-refractivity contribution in [3.8, 4) is 0 Å². The van der Waals surface area contributed by atoms with Crippen molar-refractivity contribution in [3.05, 3.63) is 28.1 Å². The SMILES string of the molecule is CN(C)C(=O)CCCn1cnc2ccsc2c1=O. The third kappa shape index (κ3) is 2.59. The van der Waals surface area contributed by atoms with Gasteiger partial charge >= 0.3 is 0 Å². The molecule has 1 amide bonds. The molecule has 0 aliphatic rings. The number of hydrogen-bond donors (Lipinski definition) is 0. The molecule has 0 radical (unpaired) electrons. The Morgan fingerprint density at radius 2 is 2.28 bits per heavy atom. The number of carbonyl (C=O) groups excluding carboxylic acids is 1. The minimum atomic E-state index is -0.0210. The maximum atomic E-state index is 12.0. The molecule has 0 atom stereocenters. The van der Waals surface area contributed by atoms with Crippen LogP contribution >= 0.6 is 11.3 Å². The van der Waals surface area contributed by atoms with Crippen molar-refractivity contribution in [3.63, 3.8) is 0 Å². The van der Waals surface area contributed by atoms with Crippen molar-refractivity contribution >= 4 is 27.5 Å². The van der Waals surface area contributed by atoms with Gasteiger partial charge in [-0.3, -0.25) is 14.2 Å². The van der Waals surface area contributed by atoms with E-state index in [0.29, 0.717) is 24.1 Å². The zero-order chi connectivity index (χ0) is 13.1. The van der Waals surface area contributed by atoms with E-state index in [0.717, 1.165) is 5.52 Å². The molecule has 0 fully saturated rings. The number of amides is 1. The molecule has 0 aliphatic heterocycles. The quantitative estimate of drug-likeness (QED) is 0.838. The Kier molecular flexibility index (Phi) is 3.76. The highest BCUT2D eigenvalue weighted by molar-refractivity contribution is 7.17. The molecule has 0 bridgehead atoms. The van der Waals surface area contributed by atoms with Gasteiger partial charge in [-0.1, -0.05) is 0 Å². The van der Waals surface area contributed by atoms with Crippen molar-refractivity contribution in [2.75, 3.05) is 14.1 Å². The standard InChI is InChI=1S/C12H15N3O2S/c1-14(2)10(16)4-3-6-15-8-13-9-5-7-18-11(9)12(15)17/h5,7-8H,3-4,6H2,1-2H3. The summed E-state index contributed by atoms with van der Waals surface area (Å²) in [6, 6.07) is 1.83. The molecule has 0 saturated carbocycles. The first-order valence-electron chi connectivity index (χ1n) is 5.72. The normalized spacial score (nSPS) is 10.8. The first kappa shape index (κ1) is 12.8. The number of fused-ring (bicyclic) bond motifs is 1. The Labute approximate surface area is 109 Å². The lowest BCUT2D eigenvalue weighted by Crippen LogP contribution is -2.23. The number of rotatable bonds is 4. The minimum Gasteiger partial charge on any atom is -0.349 e. The first-order chi connectivity index (χ1) is 8.59. The molecule has 5 nitrogen and oxygen atoms in total. The van der Waals surface area contributed by atoms with E-state index in [1.807, 2.05) is 11.4 Å². The van der Waals surface area contributed by atoms with Crippen LogP contribution in [0.2, 0.25) is 0 Å². The summed E-state index contributed by atoms with van der Waals surface area (Å²) < 4.78 is 2.25.